The molecule has 14 N–H and O–H groups in total. The predicted molar refractivity (Wildman–Crippen MR) is 306 cm³/mol. The lowest BCUT2D eigenvalue weighted by Crippen LogP contribution is -2.71. The van der Waals surface area contributed by atoms with E-state index < -0.39 is 223 Å². The molecule has 0 radical (unpaired) electrons. The van der Waals surface area contributed by atoms with Crippen LogP contribution in [0, 0.1) is 50.2 Å². The van der Waals surface area contributed by atoms with Gasteiger partial charge in [0.15, 0.2) is 31.1 Å². The maximum Gasteiger partial charge on any atom is 0.331 e. The van der Waals surface area contributed by atoms with E-state index in [0.717, 1.165) is 6.08 Å². The van der Waals surface area contributed by atoms with E-state index in [1.54, 1.807) is 24.3 Å². The highest BCUT2D eigenvalue weighted by Crippen LogP contribution is 2.76. The molecule has 90 heavy (non-hydrogen) atoms. The van der Waals surface area contributed by atoms with Gasteiger partial charge in [-0.1, -0.05) is 51.5 Å². The van der Waals surface area contributed by atoms with E-state index in [1.807, 2.05) is 33.8 Å². The van der Waals surface area contributed by atoms with Crippen LogP contribution in [0.1, 0.15) is 105 Å². The van der Waals surface area contributed by atoms with Gasteiger partial charge in [-0.3, -0.25) is 9.59 Å². The summed E-state index contributed by atoms with van der Waals surface area (Å²) < 4.78 is 60.7. The van der Waals surface area contributed by atoms with Crippen LogP contribution in [0.2, 0.25) is 0 Å². The Kier molecular flexibility index (Phi) is 19.4. The predicted octanol–water partition coefficient (Wildman–Crippen LogP) is -1.09. The van der Waals surface area contributed by atoms with Gasteiger partial charge in [0.25, 0.3) is 0 Å². The number of carboxylic acid groups (broad SMARTS) is 1. The van der Waals surface area contributed by atoms with Crippen LogP contribution in [0.3, 0.4) is 0 Å². The highest BCUT2D eigenvalue weighted by atomic mass is 16.8. The minimum atomic E-state index is -2.25. The summed E-state index contributed by atoms with van der Waals surface area (Å²) in [6, 6.07) is 6.70. The Labute approximate surface area is 521 Å². The molecule has 10 rings (SSSR count). The van der Waals surface area contributed by atoms with Crippen molar-refractivity contribution in [3.8, 4) is 5.75 Å². The van der Waals surface area contributed by atoms with Crippen LogP contribution in [-0.4, -0.2) is 251 Å². The number of carbonyl (C=O) groups excluding carboxylic acids is 2. The third-order valence-electron chi connectivity index (χ3n) is 22.8. The van der Waals surface area contributed by atoms with Crippen LogP contribution < -0.4 is 4.74 Å². The topological polar surface area (TPSA) is 427 Å². The fourth-order valence-electron chi connectivity index (χ4n) is 17.7. The number of carboxylic acids is 1. The van der Waals surface area contributed by atoms with Gasteiger partial charge in [0.2, 0.25) is 6.29 Å². The Hall–Kier alpha value is -3.89. The van der Waals surface area contributed by atoms with Crippen molar-refractivity contribution >= 4 is 24.0 Å². The standard InChI is InChI=1S/C63H92O27/c1-28-40(70)42(72)44(74)51(83-28)88-48-47(87-54-49(76)62(80,26-66)27-82-54)46(86-39(69)16-11-30-9-12-31(81-8)13-10-30)29(2)84-53(48)90-56(79)63-20-19-61(25-65)32(33(63)21-57(3,4)23-38(63)68)14-15-36-58(5)22-34(67)50(60(7,55(77)78)37(58)17-18-59(36,61)6)89-52-45(75)43(73)41(71)35(24-64)85-52/h9-14,16,28-29,33-38,40-54,64-68,70-76,80H,15,17-27H2,1-8H3,(H,77,78)/b16-11-/t28-,29+,33-,34-,35+,36+,37+,38+,40-,41+,42+,43-,44+,45+,46-,47-,48+,49-,50-,51-,52-,53-,54-,58+,59+,60-,61-,62+,63-/m0/s1. The molecule has 0 aromatic heterocycles. The molecule has 5 aliphatic carbocycles. The Morgan fingerprint density at radius 3 is 1.94 bits per heavy atom. The van der Waals surface area contributed by atoms with E-state index in [9.17, 15) is 81.1 Å². The number of hydrogen-bond donors (Lipinski definition) is 14. The van der Waals surface area contributed by atoms with Crippen LogP contribution in [0.15, 0.2) is 42.0 Å². The molecule has 0 spiro atoms. The summed E-state index contributed by atoms with van der Waals surface area (Å²) in [4.78, 5) is 43.9. The zero-order valence-corrected chi connectivity index (χ0v) is 51.9. The fourth-order valence-corrected chi connectivity index (χ4v) is 17.7. The summed E-state index contributed by atoms with van der Waals surface area (Å²) in [6.07, 6.45) is -28.2. The molecule has 506 valence electrons. The fraction of sp³-hybridized carbons (Fsp3) is 0.794. The first-order chi connectivity index (χ1) is 42.3. The van der Waals surface area contributed by atoms with Gasteiger partial charge in [0.05, 0.1) is 63.4 Å². The number of ether oxygens (including phenoxy) is 10. The van der Waals surface area contributed by atoms with Crippen molar-refractivity contribution in [1.82, 2.24) is 0 Å². The van der Waals surface area contributed by atoms with Crippen molar-refractivity contribution in [1.29, 1.82) is 0 Å². The average Bonchev–Trinajstić information content (AvgIpc) is 0.721. The second-order valence-corrected chi connectivity index (χ2v) is 28.4. The summed E-state index contributed by atoms with van der Waals surface area (Å²) in [5.41, 5.74) is -8.34. The molecular weight excluding hydrogens is 1190 g/mol. The van der Waals surface area contributed by atoms with Gasteiger partial charge in [0, 0.05) is 11.5 Å². The molecule has 0 bridgehead atoms. The Morgan fingerprint density at radius 2 is 1.32 bits per heavy atom. The molecule has 4 saturated heterocycles. The second kappa shape index (κ2) is 25.4. The largest absolute Gasteiger partial charge is 0.497 e. The SMILES string of the molecule is COc1ccc(/C=C\C(=O)O[C@@H]2[C@H](O[C@@H]3OC[C@](O)(CO)[C@H]3O)[C@@H](O[C@@H]3O[C@@H](C)[C@H](O)[C@@H](O)[C@H]3O)[C@H](OC(=O)[C@@]34CC[C@]5(CO)C(=CC[C@@H]6[C@@]7(C)C[C@H](O)[C@H](O[C@@H]8O[C@H](CO)[C@@H](O)[C@H](O)[C@H]8O)[C@@](C)(C(=O)O)[C@@H]7CC[C@]65C)[C@@H]3CC(C)(C)C[C@H]4O)O[C@@H]2C)cc1. The van der Waals surface area contributed by atoms with E-state index in [0.29, 0.717) is 23.3 Å². The van der Waals surface area contributed by atoms with Crippen molar-refractivity contribution in [2.45, 2.75) is 228 Å². The molecule has 1 aromatic rings. The highest BCUT2D eigenvalue weighted by Gasteiger charge is 2.75. The second-order valence-electron chi connectivity index (χ2n) is 28.4. The summed E-state index contributed by atoms with van der Waals surface area (Å²) >= 11 is 0. The monoisotopic (exact) mass is 1280 g/mol. The lowest BCUT2D eigenvalue weighted by Gasteiger charge is -2.71. The van der Waals surface area contributed by atoms with Crippen LogP contribution >= 0.6 is 0 Å². The number of rotatable bonds is 16. The van der Waals surface area contributed by atoms with Gasteiger partial charge < -0.3 is 119 Å². The number of benzene rings is 1. The number of carbonyl (C=O) groups is 3. The summed E-state index contributed by atoms with van der Waals surface area (Å²) in [7, 11) is 1.50. The van der Waals surface area contributed by atoms with Gasteiger partial charge in [-0.05, 0) is 130 Å². The lowest BCUT2D eigenvalue weighted by molar-refractivity contribution is -0.372. The number of aliphatic hydroxyl groups excluding tert-OH is 12. The van der Waals surface area contributed by atoms with E-state index in [4.69, 9.17) is 47.4 Å². The quantitative estimate of drug-likeness (QED) is 0.0405. The van der Waals surface area contributed by atoms with Gasteiger partial charge in [-0.25, -0.2) is 4.79 Å². The first-order valence-corrected chi connectivity index (χ1v) is 31.2. The third-order valence-corrected chi connectivity index (χ3v) is 22.8. The molecule has 4 aliphatic heterocycles. The Morgan fingerprint density at radius 1 is 0.678 bits per heavy atom. The van der Waals surface area contributed by atoms with Crippen LogP contribution in [0.25, 0.3) is 6.08 Å². The van der Waals surface area contributed by atoms with Crippen LogP contribution in [-0.2, 0) is 57.0 Å². The summed E-state index contributed by atoms with van der Waals surface area (Å²) in [6.45, 7) is 9.34. The molecule has 1 aromatic carbocycles. The van der Waals surface area contributed by atoms with Crippen LogP contribution in [0.5, 0.6) is 5.75 Å². The first-order valence-electron chi connectivity index (χ1n) is 31.2. The van der Waals surface area contributed by atoms with Crippen molar-refractivity contribution in [3.05, 3.63) is 47.6 Å². The molecule has 27 nitrogen and oxygen atoms in total. The molecule has 27 heteroatoms. The summed E-state index contributed by atoms with van der Waals surface area (Å²) in [5.74, 6) is -4.74. The average molecular weight is 1280 g/mol. The molecular formula is C63H92O27. The Balaban J connectivity index is 1.00. The van der Waals surface area contributed by atoms with Gasteiger partial charge in [-0.2, -0.15) is 0 Å². The zero-order valence-electron chi connectivity index (χ0n) is 51.9. The Bertz CT molecular complexity index is 2820. The van der Waals surface area contributed by atoms with Gasteiger partial charge in [0.1, 0.15) is 77.8 Å². The number of esters is 2. The molecule has 4 heterocycles. The zero-order chi connectivity index (χ0) is 65.7. The van der Waals surface area contributed by atoms with Gasteiger partial charge in [-0.15, -0.1) is 0 Å². The van der Waals surface area contributed by atoms with E-state index in [1.165, 1.54) is 34.0 Å². The maximum atomic E-state index is 16.1. The normalized spacial score (nSPS) is 49.1. The molecule has 0 unspecified atom stereocenters. The number of aliphatic hydroxyl groups is 13. The van der Waals surface area contributed by atoms with Crippen LogP contribution in [0.4, 0.5) is 0 Å². The molecule has 29 atom stereocenters. The molecule has 4 saturated carbocycles. The number of allylic oxidation sites excluding steroid dienone is 1. The number of aliphatic carboxylic acids is 1. The molecule has 9 aliphatic rings. The number of fused-ring (bicyclic) bond motifs is 7. The van der Waals surface area contributed by atoms with E-state index >= 15 is 4.79 Å². The molecule has 8 fully saturated rings. The highest BCUT2D eigenvalue weighted by molar-refractivity contribution is 5.87. The van der Waals surface area contributed by atoms with Crippen molar-refractivity contribution in [2.75, 3.05) is 33.5 Å². The van der Waals surface area contributed by atoms with Crippen molar-refractivity contribution in [2.24, 2.45) is 50.2 Å². The number of hydrogen-bond acceptors (Lipinski definition) is 26. The number of methoxy groups -OCH3 is 1. The smallest absolute Gasteiger partial charge is 0.331 e. The van der Waals surface area contributed by atoms with Crippen molar-refractivity contribution in [3.63, 3.8) is 0 Å². The molecule has 0 amide bonds. The van der Waals surface area contributed by atoms with E-state index in [-0.39, 0.29) is 44.9 Å². The first kappa shape index (κ1) is 69.0. The maximum absolute atomic E-state index is 16.1. The third kappa shape index (κ3) is 11.3. The van der Waals surface area contributed by atoms with Crippen molar-refractivity contribution < 1.29 is 133 Å². The van der Waals surface area contributed by atoms with Gasteiger partial charge >= 0.3 is 17.9 Å². The summed E-state index contributed by atoms with van der Waals surface area (Å²) in [5, 5.41) is 157. The lowest BCUT2D eigenvalue weighted by atomic mass is 9.33. The minimum Gasteiger partial charge on any atom is -0.497 e. The minimum absolute atomic E-state index is 0.0251. The van der Waals surface area contributed by atoms with E-state index in [2.05, 4.69) is 0 Å².